The predicted octanol–water partition coefficient (Wildman–Crippen LogP) is 2.03. The second-order valence-electron chi connectivity index (χ2n) is 4.77. The molecule has 0 aromatic carbocycles. The molecule has 3 nitrogen and oxygen atoms in total. The van der Waals surface area contributed by atoms with Crippen LogP contribution in [0.25, 0.3) is 0 Å². The molecule has 0 atom stereocenters. The van der Waals surface area contributed by atoms with Crippen LogP contribution in [0.2, 0.25) is 5.15 Å². The van der Waals surface area contributed by atoms with E-state index >= 15 is 0 Å². The first-order valence-electron chi connectivity index (χ1n) is 6.55. The summed E-state index contributed by atoms with van der Waals surface area (Å²) in [5.74, 6) is 0. The van der Waals surface area contributed by atoms with Crippen molar-refractivity contribution in [3.63, 3.8) is 0 Å². The first-order valence-corrected chi connectivity index (χ1v) is 5.43. The van der Waals surface area contributed by atoms with E-state index in [0.29, 0.717) is 0 Å². The fourth-order valence-corrected chi connectivity index (χ4v) is 1.45. The summed E-state index contributed by atoms with van der Waals surface area (Å²) < 4.78 is 34.9. The number of halogens is 1. The highest BCUT2D eigenvalue weighted by Crippen LogP contribution is 2.36. The van der Waals surface area contributed by atoms with Crippen LogP contribution in [0, 0.1) is 0 Å². The van der Waals surface area contributed by atoms with E-state index in [4.69, 9.17) is 25.0 Å². The van der Waals surface area contributed by atoms with Gasteiger partial charge in [-0.2, -0.15) is 0 Å². The third-order valence-corrected chi connectivity index (χ3v) is 3.24. The van der Waals surface area contributed by atoms with E-state index in [9.17, 15) is 0 Å². The molecule has 1 aromatic rings. The van der Waals surface area contributed by atoms with Crippen molar-refractivity contribution in [2.24, 2.45) is 0 Å². The zero-order valence-electron chi connectivity index (χ0n) is 12.7. The Kier molecular flexibility index (Phi) is 1.98. The van der Waals surface area contributed by atoms with Crippen molar-refractivity contribution in [3.8, 4) is 0 Å². The molecule has 0 aliphatic carbocycles. The van der Waals surface area contributed by atoms with Gasteiger partial charge in [0.2, 0.25) is 0 Å². The summed E-state index contributed by atoms with van der Waals surface area (Å²) in [5.41, 5.74) is -0.996. The molecular formula is C11H15BClNO2. The number of pyridine rings is 1. The van der Waals surface area contributed by atoms with E-state index in [1.165, 1.54) is 0 Å². The molecule has 16 heavy (non-hydrogen) atoms. The van der Waals surface area contributed by atoms with Gasteiger partial charge in [-0.1, -0.05) is 17.6 Å². The van der Waals surface area contributed by atoms with E-state index in [1.54, 1.807) is 0 Å². The monoisotopic (exact) mass is 242 g/mol. The Labute approximate surface area is 105 Å². The van der Waals surface area contributed by atoms with Crippen molar-refractivity contribution in [1.82, 2.24) is 4.98 Å². The van der Waals surface area contributed by atoms with Crippen LogP contribution in [-0.2, 0) is 9.31 Å². The second kappa shape index (κ2) is 3.72. The lowest BCUT2D eigenvalue weighted by Gasteiger charge is -2.32. The van der Waals surface area contributed by atoms with Gasteiger partial charge in [0.05, 0.1) is 15.3 Å². The SMILES string of the molecule is [2H]c1nc(Cl)c([2H])c([2H])c1B1OC(C)(C)C(C)(C)O1. The fraction of sp³-hybridized carbons (Fsp3) is 0.545. The van der Waals surface area contributed by atoms with E-state index in [0.717, 1.165) is 0 Å². The number of hydrogen-bond acceptors (Lipinski definition) is 3. The molecule has 0 bridgehead atoms. The normalized spacial score (nSPS) is 25.1. The lowest BCUT2D eigenvalue weighted by atomic mass is 9.80. The van der Waals surface area contributed by atoms with Crippen LogP contribution in [0.4, 0.5) is 0 Å². The highest BCUT2D eigenvalue weighted by molar-refractivity contribution is 6.62. The van der Waals surface area contributed by atoms with Crippen LogP contribution in [0.5, 0.6) is 0 Å². The van der Waals surface area contributed by atoms with Gasteiger partial charge in [-0.15, -0.1) is 0 Å². The van der Waals surface area contributed by atoms with Gasteiger partial charge in [-0.3, -0.25) is 0 Å². The highest BCUT2D eigenvalue weighted by atomic mass is 35.5. The maximum atomic E-state index is 7.91. The van der Waals surface area contributed by atoms with Crippen LogP contribution in [0.3, 0.4) is 0 Å². The Morgan fingerprint density at radius 3 is 2.38 bits per heavy atom. The van der Waals surface area contributed by atoms with Gasteiger partial charge in [0.1, 0.15) is 5.15 Å². The Balaban J connectivity index is 2.49. The van der Waals surface area contributed by atoms with Gasteiger partial charge in [0.15, 0.2) is 0 Å². The second-order valence-corrected chi connectivity index (χ2v) is 5.12. The van der Waals surface area contributed by atoms with Crippen LogP contribution in [0.15, 0.2) is 18.3 Å². The van der Waals surface area contributed by atoms with E-state index in [2.05, 4.69) is 4.98 Å². The number of rotatable bonds is 1. The molecule has 0 amide bonds. The molecule has 1 saturated heterocycles. The molecule has 0 spiro atoms. The molecule has 2 heterocycles. The third kappa shape index (κ3) is 1.97. The Hall–Kier alpha value is -0.575. The van der Waals surface area contributed by atoms with Crippen molar-refractivity contribution in [2.45, 2.75) is 38.9 Å². The minimum Gasteiger partial charge on any atom is -0.399 e. The lowest BCUT2D eigenvalue weighted by Crippen LogP contribution is -2.41. The van der Waals surface area contributed by atoms with Gasteiger partial charge in [-0.05, 0) is 33.7 Å². The first kappa shape index (κ1) is 8.51. The summed E-state index contributed by atoms with van der Waals surface area (Å²) in [7, 11) is -0.876. The maximum Gasteiger partial charge on any atom is 0.496 e. The number of hydrogen-bond donors (Lipinski definition) is 0. The van der Waals surface area contributed by atoms with E-state index in [1.807, 2.05) is 27.7 Å². The summed E-state index contributed by atoms with van der Waals surface area (Å²) in [4.78, 5) is 3.74. The van der Waals surface area contributed by atoms with Crippen molar-refractivity contribution in [3.05, 3.63) is 23.4 Å². The molecule has 2 rings (SSSR count). The van der Waals surface area contributed by atoms with Crippen LogP contribution in [-0.4, -0.2) is 23.3 Å². The van der Waals surface area contributed by atoms with Crippen molar-refractivity contribution in [2.75, 3.05) is 0 Å². The van der Waals surface area contributed by atoms with Gasteiger partial charge in [0.25, 0.3) is 0 Å². The quantitative estimate of drug-likeness (QED) is 0.558. The molecule has 1 aliphatic heterocycles. The molecule has 0 saturated carbocycles. The smallest absolute Gasteiger partial charge is 0.399 e. The first-order chi connectivity index (χ1) is 8.57. The largest absolute Gasteiger partial charge is 0.496 e. The predicted molar refractivity (Wildman–Crippen MR) is 65.0 cm³/mol. The molecule has 0 unspecified atom stereocenters. The van der Waals surface area contributed by atoms with Crippen LogP contribution >= 0.6 is 11.6 Å². The van der Waals surface area contributed by atoms with Crippen molar-refractivity contribution < 1.29 is 13.4 Å². The summed E-state index contributed by atoms with van der Waals surface area (Å²) in [5, 5.41) is -0.157. The topological polar surface area (TPSA) is 31.4 Å². The summed E-state index contributed by atoms with van der Waals surface area (Å²) in [6.07, 6.45) is -0.190. The Bertz CT molecular complexity index is 523. The molecule has 1 fully saturated rings. The maximum absolute atomic E-state index is 7.91. The molecule has 5 heteroatoms. The summed E-state index contributed by atoms with van der Waals surface area (Å²) >= 11 is 5.69. The fourth-order valence-electron chi connectivity index (χ4n) is 1.36. The third-order valence-electron chi connectivity index (χ3n) is 3.06. The van der Waals surface area contributed by atoms with Gasteiger partial charge >= 0.3 is 7.12 Å². The van der Waals surface area contributed by atoms with Gasteiger partial charge < -0.3 is 9.31 Å². The van der Waals surface area contributed by atoms with Crippen molar-refractivity contribution in [1.29, 1.82) is 0 Å². The van der Waals surface area contributed by atoms with Crippen molar-refractivity contribution >= 4 is 24.2 Å². The summed E-state index contributed by atoms with van der Waals surface area (Å²) in [6, 6.07) is -0.397. The minimum absolute atomic E-state index is 0.146. The van der Waals surface area contributed by atoms with E-state index in [-0.39, 0.29) is 28.9 Å². The van der Waals surface area contributed by atoms with Crippen LogP contribution < -0.4 is 5.46 Å². The van der Waals surface area contributed by atoms with Gasteiger partial charge in [0, 0.05) is 11.6 Å². The Morgan fingerprint density at radius 1 is 1.25 bits per heavy atom. The molecule has 0 radical (unpaired) electrons. The average Bonchev–Trinajstić information content (AvgIpc) is 2.44. The molecule has 1 aliphatic rings. The van der Waals surface area contributed by atoms with Crippen LogP contribution in [0.1, 0.15) is 31.8 Å². The summed E-state index contributed by atoms with van der Waals surface area (Å²) in [6.45, 7) is 7.52. The number of nitrogens with zero attached hydrogens (tertiary/aromatic N) is 1. The zero-order valence-corrected chi connectivity index (χ0v) is 10.5. The number of aromatic nitrogens is 1. The Morgan fingerprint density at radius 2 is 1.81 bits per heavy atom. The highest BCUT2D eigenvalue weighted by Gasteiger charge is 2.51. The zero-order chi connectivity index (χ0) is 14.6. The van der Waals surface area contributed by atoms with E-state index < -0.39 is 18.3 Å². The minimum atomic E-state index is -0.876. The molecule has 1 aromatic heterocycles. The molecule has 86 valence electrons. The van der Waals surface area contributed by atoms with Gasteiger partial charge in [-0.25, -0.2) is 4.98 Å². The molecule has 0 N–H and O–H groups in total. The lowest BCUT2D eigenvalue weighted by molar-refractivity contribution is 0.00578. The average molecular weight is 243 g/mol. The standard InChI is InChI=1S/C11H15BClNO2/c1-10(2)11(3,4)16-12(15-10)8-5-6-9(13)14-7-8/h5-7H,1-4H3/i5D,6D,7D. The molecular weight excluding hydrogens is 224 g/mol.